The van der Waals surface area contributed by atoms with E-state index in [1.165, 1.54) is 0 Å². The minimum absolute atomic E-state index is 0.360. The SMILES string of the molecule is CCOC(=O)c1cn(CC2COC2)cn1. The number of carbonyl (C=O) groups is 1. The number of carbonyl (C=O) groups excluding carboxylic acids is 1. The summed E-state index contributed by atoms with van der Waals surface area (Å²) >= 11 is 0. The van der Waals surface area contributed by atoms with Crippen LogP contribution in [0.25, 0.3) is 0 Å². The number of hydrogen-bond donors (Lipinski definition) is 0. The quantitative estimate of drug-likeness (QED) is 0.687. The van der Waals surface area contributed by atoms with Crippen LogP contribution in [0.15, 0.2) is 12.5 Å². The first kappa shape index (κ1) is 10.2. The summed E-state index contributed by atoms with van der Waals surface area (Å²) in [5.74, 6) is 0.190. The Kier molecular flexibility index (Phi) is 3.01. The minimum atomic E-state index is -0.360. The Hall–Kier alpha value is -1.36. The minimum Gasteiger partial charge on any atom is -0.461 e. The van der Waals surface area contributed by atoms with Crippen molar-refractivity contribution in [2.45, 2.75) is 13.5 Å². The van der Waals surface area contributed by atoms with Crippen molar-refractivity contribution in [2.24, 2.45) is 5.92 Å². The number of nitrogens with zero attached hydrogens (tertiary/aromatic N) is 2. The summed E-state index contributed by atoms with van der Waals surface area (Å²) in [6, 6.07) is 0. The molecule has 1 fully saturated rings. The van der Waals surface area contributed by atoms with Crippen molar-refractivity contribution < 1.29 is 14.3 Å². The number of ether oxygens (including phenoxy) is 2. The van der Waals surface area contributed by atoms with Gasteiger partial charge in [-0.2, -0.15) is 0 Å². The molecule has 0 spiro atoms. The molecule has 1 saturated heterocycles. The van der Waals surface area contributed by atoms with Crippen molar-refractivity contribution >= 4 is 5.97 Å². The van der Waals surface area contributed by atoms with Gasteiger partial charge in [-0.25, -0.2) is 9.78 Å². The van der Waals surface area contributed by atoms with Gasteiger partial charge >= 0.3 is 5.97 Å². The molecule has 1 aromatic heterocycles. The van der Waals surface area contributed by atoms with Crippen LogP contribution in [-0.4, -0.2) is 35.3 Å². The first-order valence-corrected chi connectivity index (χ1v) is 5.06. The summed E-state index contributed by atoms with van der Waals surface area (Å²) in [7, 11) is 0. The van der Waals surface area contributed by atoms with E-state index in [0.29, 0.717) is 18.2 Å². The molecular weight excluding hydrogens is 196 g/mol. The normalized spacial score (nSPS) is 16.1. The van der Waals surface area contributed by atoms with Crippen molar-refractivity contribution in [2.75, 3.05) is 19.8 Å². The van der Waals surface area contributed by atoms with Gasteiger partial charge in [-0.15, -0.1) is 0 Å². The molecule has 0 amide bonds. The maximum Gasteiger partial charge on any atom is 0.358 e. The Morgan fingerprint density at radius 2 is 2.53 bits per heavy atom. The third-order valence-electron chi connectivity index (χ3n) is 2.29. The summed E-state index contributed by atoms with van der Waals surface area (Å²) in [4.78, 5) is 15.3. The standard InChI is InChI=1S/C10H14N2O3/c1-2-15-10(13)9-4-12(7-11-9)3-8-5-14-6-8/h4,7-8H,2-3,5-6H2,1H3. The smallest absolute Gasteiger partial charge is 0.358 e. The summed E-state index contributed by atoms with van der Waals surface area (Å²) < 4.78 is 11.8. The first-order chi connectivity index (χ1) is 7.29. The Morgan fingerprint density at radius 1 is 1.73 bits per heavy atom. The monoisotopic (exact) mass is 210 g/mol. The molecule has 5 heteroatoms. The van der Waals surface area contributed by atoms with E-state index in [4.69, 9.17) is 9.47 Å². The Morgan fingerprint density at radius 3 is 3.13 bits per heavy atom. The van der Waals surface area contributed by atoms with Gasteiger partial charge in [0, 0.05) is 18.7 Å². The third kappa shape index (κ3) is 2.36. The van der Waals surface area contributed by atoms with E-state index in [9.17, 15) is 4.79 Å². The Balaban J connectivity index is 1.93. The molecule has 2 heterocycles. The molecule has 2 rings (SSSR count). The van der Waals surface area contributed by atoms with E-state index in [-0.39, 0.29) is 5.97 Å². The number of rotatable bonds is 4. The lowest BCUT2D eigenvalue weighted by Crippen LogP contribution is -2.31. The van der Waals surface area contributed by atoms with E-state index in [2.05, 4.69) is 4.98 Å². The van der Waals surface area contributed by atoms with Gasteiger partial charge in [0.15, 0.2) is 5.69 Å². The van der Waals surface area contributed by atoms with Crippen LogP contribution in [0, 0.1) is 5.92 Å². The van der Waals surface area contributed by atoms with Crippen LogP contribution in [0.4, 0.5) is 0 Å². The van der Waals surface area contributed by atoms with E-state index in [1.807, 2.05) is 4.57 Å². The largest absolute Gasteiger partial charge is 0.461 e. The molecule has 0 N–H and O–H groups in total. The molecule has 0 aliphatic carbocycles. The highest BCUT2D eigenvalue weighted by Gasteiger charge is 2.19. The second-order valence-corrected chi connectivity index (χ2v) is 3.58. The van der Waals surface area contributed by atoms with Crippen LogP contribution in [0.3, 0.4) is 0 Å². The summed E-state index contributed by atoms with van der Waals surface area (Å²) in [6.07, 6.45) is 3.38. The van der Waals surface area contributed by atoms with Gasteiger partial charge in [0.25, 0.3) is 0 Å². The van der Waals surface area contributed by atoms with Crippen LogP contribution >= 0.6 is 0 Å². The van der Waals surface area contributed by atoms with Crippen LogP contribution < -0.4 is 0 Å². The Bertz CT molecular complexity index is 344. The van der Waals surface area contributed by atoms with Gasteiger partial charge in [0.2, 0.25) is 0 Å². The molecule has 15 heavy (non-hydrogen) atoms. The first-order valence-electron chi connectivity index (χ1n) is 5.06. The van der Waals surface area contributed by atoms with Gasteiger partial charge in [0.05, 0.1) is 26.1 Å². The van der Waals surface area contributed by atoms with Gasteiger partial charge in [-0.05, 0) is 6.92 Å². The van der Waals surface area contributed by atoms with Crippen molar-refractivity contribution in [3.63, 3.8) is 0 Å². The predicted octanol–water partition coefficient (Wildman–Crippen LogP) is 0.706. The van der Waals surface area contributed by atoms with Crippen molar-refractivity contribution in [3.8, 4) is 0 Å². The topological polar surface area (TPSA) is 53.4 Å². The molecule has 1 aliphatic rings. The number of hydrogen-bond acceptors (Lipinski definition) is 4. The molecule has 0 aromatic carbocycles. The molecule has 1 aromatic rings. The van der Waals surface area contributed by atoms with Crippen molar-refractivity contribution in [1.29, 1.82) is 0 Å². The number of imidazole rings is 1. The van der Waals surface area contributed by atoms with Gasteiger partial charge in [0.1, 0.15) is 0 Å². The lowest BCUT2D eigenvalue weighted by Gasteiger charge is -2.25. The van der Waals surface area contributed by atoms with Gasteiger partial charge in [-0.3, -0.25) is 0 Å². The Labute approximate surface area is 88.0 Å². The second kappa shape index (κ2) is 4.44. The number of esters is 1. The van der Waals surface area contributed by atoms with Gasteiger partial charge in [-0.1, -0.05) is 0 Å². The van der Waals surface area contributed by atoms with Crippen molar-refractivity contribution in [3.05, 3.63) is 18.2 Å². The van der Waals surface area contributed by atoms with E-state index in [0.717, 1.165) is 19.8 Å². The fourth-order valence-corrected chi connectivity index (χ4v) is 1.46. The number of aromatic nitrogens is 2. The summed E-state index contributed by atoms with van der Waals surface area (Å²) in [5, 5.41) is 0. The zero-order chi connectivity index (χ0) is 10.7. The van der Waals surface area contributed by atoms with E-state index in [1.54, 1.807) is 19.4 Å². The molecule has 0 unspecified atom stereocenters. The molecule has 0 bridgehead atoms. The highest BCUT2D eigenvalue weighted by atomic mass is 16.5. The average Bonchev–Trinajstić information content (AvgIpc) is 2.60. The lowest BCUT2D eigenvalue weighted by molar-refractivity contribution is -0.0394. The van der Waals surface area contributed by atoms with Crippen LogP contribution in [-0.2, 0) is 16.0 Å². The third-order valence-corrected chi connectivity index (χ3v) is 2.29. The average molecular weight is 210 g/mol. The maximum atomic E-state index is 11.3. The fourth-order valence-electron chi connectivity index (χ4n) is 1.46. The highest BCUT2D eigenvalue weighted by Crippen LogP contribution is 2.12. The molecule has 82 valence electrons. The van der Waals surface area contributed by atoms with E-state index >= 15 is 0 Å². The molecule has 5 nitrogen and oxygen atoms in total. The lowest BCUT2D eigenvalue weighted by atomic mass is 10.1. The van der Waals surface area contributed by atoms with E-state index < -0.39 is 0 Å². The zero-order valence-electron chi connectivity index (χ0n) is 8.68. The molecule has 0 radical (unpaired) electrons. The maximum absolute atomic E-state index is 11.3. The predicted molar refractivity (Wildman–Crippen MR) is 52.5 cm³/mol. The van der Waals surface area contributed by atoms with Crippen molar-refractivity contribution in [1.82, 2.24) is 9.55 Å². The second-order valence-electron chi connectivity index (χ2n) is 3.58. The zero-order valence-corrected chi connectivity index (χ0v) is 8.68. The van der Waals surface area contributed by atoms with Crippen LogP contribution in [0.5, 0.6) is 0 Å². The van der Waals surface area contributed by atoms with Crippen LogP contribution in [0.2, 0.25) is 0 Å². The molecule has 1 aliphatic heterocycles. The highest BCUT2D eigenvalue weighted by molar-refractivity contribution is 5.86. The van der Waals surface area contributed by atoms with Gasteiger partial charge < -0.3 is 14.0 Å². The van der Waals surface area contributed by atoms with Crippen LogP contribution in [0.1, 0.15) is 17.4 Å². The molecular formula is C10H14N2O3. The summed E-state index contributed by atoms with van der Waals surface area (Å²) in [5.41, 5.74) is 0.372. The molecule has 0 saturated carbocycles. The fraction of sp³-hybridized carbons (Fsp3) is 0.600. The summed E-state index contributed by atoms with van der Waals surface area (Å²) in [6.45, 7) is 4.61. The molecule has 0 atom stereocenters.